The molecule has 0 aliphatic heterocycles. The highest BCUT2D eigenvalue weighted by Crippen LogP contribution is 2.30. The summed E-state index contributed by atoms with van der Waals surface area (Å²) in [4.78, 5) is 23.6. The highest BCUT2D eigenvalue weighted by molar-refractivity contribution is 6.30. The molecular weight excluding hydrogens is 347 g/mol. The zero-order valence-corrected chi connectivity index (χ0v) is 14.0. The minimum absolute atomic E-state index is 0.0307. The van der Waals surface area contributed by atoms with Crippen molar-refractivity contribution in [1.29, 1.82) is 0 Å². The molecule has 5 nitrogen and oxygen atoms in total. The molecule has 1 aliphatic rings. The van der Waals surface area contributed by atoms with Crippen molar-refractivity contribution in [1.82, 2.24) is 0 Å². The summed E-state index contributed by atoms with van der Waals surface area (Å²) in [5.74, 6) is -0.443. The van der Waals surface area contributed by atoms with Gasteiger partial charge in [0, 0.05) is 23.4 Å². The maximum absolute atomic E-state index is 13.1. The second kappa shape index (κ2) is 7.53. The van der Waals surface area contributed by atoms with Gasteiger partial charge in [0.2, 0.25) is 5.91 Å². The van der Waals surface area contributed by atoms with Crippen LogP contribution in [0.4, 0.5) is 15.8 Å². The first-order valence-corrected chi connectivity index (χ1v) is 8.18. The quantitative estimate of drug-likeness (QED) is 0.820. The molecule has 3 rings (SSSR count). The van der Waals surface area contributed by atoms with E-state index in [1.807, 2.05) is 0 Å². The fraction of sp³-hybridized carbons (Fsp3) is 0.222. The average Bonchev–Trinajstić information content (AvgIpc) is 3.43. The topological polar surface area (TPSA) is 67.4 Å². The van der Waals surface area contributed by atoms with Crippen LogP contribution in [0.1, 0.15) is 12.8 Å². The van der Waals surface area contributed by atoms with Crippen LogP contribution in [0.25, 0.3) is 0 Å². The minimum atomic E-state index is -0.549. The number of rotatable bonds is 6. The molecule has 0 heterocycles. The predicted octanol–water partition coefficient (Wildman–Crippen LogP) is 3.85. The molecule has 130 valence electrons. The van der Waals surface area contributed by atoms with Gasteiger partial charge in [0.1, 0.15) is 11.6 Å². The maximum atomic E-state index is 13.1. The van der Waals surface area contributed by atoms with Crippen LogP contribution in [-0.2, 0) is 9.59 Å². The first-order chi connectivity index (χ1) is 12.0. The normalized spacial score (nSPS) is 13.2. The third-order valence-corrected chi connectivity index (χ3v) is 3.93. The van der Waals surface area contributed by atoms with Crippen LogP contribution in [0.5, 0.6) is 5.75 Å². The number of anilines is 2. The minimum Gasteiger partial charge on any atom is -0.484 e. The molecule has 0 bridgehead atoms. The Morgan fingerprint density at radius 1 is 1.08 bits per heavy atom. The molecule has 2 aromatic rings. The van der Waals surface area contributed by atoms with E-state index in [0.717, 1.165) is 12.8 Å². The van der Waals surface area contributed by atoms with Gasteiger partial charge < -0.3 is 15.4 Å². The summed E-state index contributed by atoms with van der Waals surface area (Å²) in [5, 5.41) is 5.42. The molecule has 0 spiro atoms. The van der Waals surface area contributed by atoms with Crippen molar-refractivity contribution in [3.8, 4) is 5.75 Å². The number of amides is 2. The Kier molecular flexibility index (Phi) is 5.19. The summed E-state index contributed by atoms with van der Waals surface area (Å²) in [6, 6.07) is 10.7. The monoisotopic (exact) mass is 362 g/mol. The first-order valence-electron chi connectivity index (χ1n) is 7.80. The lowest BCUT2D eigenvalue weighted by molar-refractivity contribution is -0.118. The second-order valence-electron chi connectivity index (χ2n) is 5.75. The molecule has 0 radical (unpaired) electrons. The van der Waals surface area contributed by atoms with Crippen LogP contribution < -0.4 is 15.4 Å². The highest BCUT2D eigenvalue weighted by Gasteiger charge is 2.29. The van der Waals surface area contributed by atoms with E-state index >= 15 is 0 Å². The summed E-state index contributed by atoms with van der Waals surface area (Å²) < 4.78 is 18.3. The van der Waals surface area contributed by atoms with Crippen LogP contribution in [0.2, 0.25) is 5.02 Å². The van der Waals surface area contributed by atoms with Crippen molar-refractivity contribution >= 4 is 34.8 Å². The van der Waals surface area contributed by atoms with Crippen molar-refractivity contribution in [3.05, 3.63) is 53.3 Å². The van der Waals surface area contributed by atoms with Gasteiger partial charge in [-0.3, -0.25) is 9.59 Å². The molecule has 2 N–H and O–H groups in total. The number of hydrogen-bond donors (Lipinski definition) is 2. The predicted molar refractivity (Wildman–Crippen MR) is 93.3 cm³/mol. The fourth-order valence-corrected chi connectivity index (χ4v) is 2.31. The number of benzene rings is 2. The van der Waals surface area contributed by atoms with E-state index in [-0.39, 0.29) is 29.4 Å². The standard InChI is InChI=1S/C18H16ClFN2O3/c19-15-9-14(7-8-16(15)20)25-10-17(23)21-12-3-5-13(6-4-12)22-18(24)11-1-2-11/h3-9,11H,1-2,10H2,(H,21,23)(H,22,24). The Morgan fingerprint density at radius 2 is 1.72 bits per heavy atom. The van der Waals surface area contributed by atoms with Gasteiger partial charge in [-0.25, -0.2) is 4.39 Å². The van der Waals surface area contributed by atoms with Crippen LogP contribution in [0.15, 0.2) is 42.5 Å². The van der Waals surface area contributed by atoms with Crippen molar-refractivity contribution < 1.29 is 18.7 Å². The van der Waals surface area contributed by atoms with E-state index in [1.54, 1.807) is 24.3 Å². The van der Waals surface area contributed by atoms with Crippen LogP contribution in [0, 0.1) is 11.7 Å². The summed E-state index contributed by atoms with van der Waals surface area (Å²) in [7, 11) is 0. The number of carbonyl (C=O) groups excluding carboxylic acids is 2. The third-order valence-electron chi connectivity index (χ3n) is 3.65. The molecule has 25 heavy (non-hydrogen) atoms. The lowest BCUT2D eigenvalue weighted by atomic mass is 10.2. The van der Waals surface area contributed by atoms with E-state index in [2.05, 4.69) is 10.6 Å². The molecule has 0 unspecified atom stereocenters. The molecule has 0 aromatic heterocycles. The van der Waals surface area contributed by atoms with Gasteiger partial charge in [-0.2, -0.15) is 0 Å². The molecule has 1 aliphatic carbocycles. The van der Waals surface area contributed by atoms with Gasteiger partial charge in [-0.15, -0.1) is 0 Å². The van der Waals surface area contributed by atoms with Gasteiger partial charge in [0.15, 0.2) is 6.61 Å². The van der Waals surface area contributed by atoms with E-state index in [9.17, 15) is 14.0 Å². The Morgan fingerprint density at radius 3 is 2.32 bits per heavy atom. The molecule has 2 amide bonds. The van der Waals surface area contributed by atoms with Gasteiger partial charge in [0.25, 0.3) is 5.91 Å². The molecular formula is C18H16ClFN2O3. The SMILES string of the molecule is O=C(COc1ccc(F)c(Cl)c1)Nc1ccc(NC(=O)C2CC2)cc1. The van der Waals surface area contributed by atoms with Crippen molar-refractivity contribution in [3.63, 3.8) is 0 Å². The van der Waals surface area contributed by atoms with E-state index in [1.165, 1.54) is 18.2 Å². The number of hydrogen-bond acceptors (Lipinski definition) is 3. The smallest absolute Gasteiger partial charge is 0.262 e. The molecule has 0 saturated heterocycles. The molecule has 2 aromatic carbocycles. The van der Waals surface area contributed by atoms with Crippen molar-refractivity contribution in [2.24, 2.45) is 5.92 Å². The lowest BCUT2D eigenvalue weighted by Gasteiger charge is -2.09. The third kappa shape index (κ3) is 4.93. The molecule has 1 fully saturated rings. The Balaban J connectivity index is 1.48. The van der Waals surface area contributed by atoms with Crippen molar-refractivity contribution in [2.45, 2.75) is 12.8 Å². The van der Waals surface area contributed by atoms with Crippen molar-refractivity contribution in [2.75, 3.05) is 17.2 Å². The molecule has 1 saturated carbocycles. The summed E-state index contributed by atoms with van der Waals surface area (Å²) in [6.07, 6.45) is 1.89. The molecule has 0 atom stereocenters. The number of halogens is 2. The van der Waals surface area contributed by atoms with E-state index in [0.29, 0.717) is 17.1 Å². The molecule has 7 heteroatoms. The Hall–Kier alpha value is -2.60. The zero-order valence-electron chi connectivity index (χ0n) is 13.2. The van der Waals surface area contributed by atoms with E-state index in [4.69, 9.17) is 16.3 Å². The number of nitrogens with one attached hydrogen (secondary N) is 2. The van der Waals surface area contributed by atoms with Crippen LogP contribution in [0.3, 0.4) is 0 Å². The Labute approximate surface area is 149 Å². The fourth-order valence-electron chi connectivity index (χ4n) is 2.14. The summed E-state index contributed by atoms with van der Waals surface area (Å²) in [6.45, 7) is -0.234. The zero-order chi connectivity index (χ0) is 17.8. The van der Waals surface area contributed by atoms with Gasteiger partial charge in [0.05, 0.1) is 5.02 Å². The maximum Gasteiger partial charge on any atom is 0.262 e. The second-order valence-corrected chi connectivity index (χ2v) is 6.16. The summed E-state index contributed by atoms with van der Waals surface area (Å²) in [5.41, 5.74) is 1.27. The van der Waals surface area contributed by atoms with Crippen LogP contribution >= 0.6 is 11.6 Å². The van der Waals surface area contributed by atoms with Gasteiger partial charge in [-0.1, -0.05) is 11.6 Å². The summed E-state index contributed by atoms with van der Waals surface area (Å²) >= 11 is 5.65. The van der Waals surface area contributed by atoms with E-state index < -0.39 is 5.82 Å². The van der Waals surface area contributed by atoms with Gasteiger partial charge >= 0.3 is 0 Å². The average molecular weight is 363 g/mol. The first kappa shape index (κ1) is 17.2. The number of carbonyl (C=O) groups is 2. The van der Waals surface area contributed by atoms with Crippen LogP contribution in [-0.4, -0.2) is 18.4 Å². The lowest BCUT2D eigenvalue weighted by Crippen LogP contribution is -2.20. The largest absolute Gasteiger partial charge is 0.484 e. The Bertz CT molecular complexity index is 791. The number of ether oxygens (including phenoxy) is 1. The van der Waals surface area contributed by atoms with Gasteiger partial charge in [-0.05, 0) is 49.2 Å². The highest BCUT2D eigenvalue weighted by atomic mass is 35.5.